The Morgan fingerprint density at radius 1 is 0.950 bits per heavy atom. The molecule has 0 fully saturated rings. The molecule has 0 aliphatic heterocycles. The quantitative estimate of drug-likeness (QED) is 0.876. The van der Waals surface area contributed by atoms with Gasteiger partial charge < -0.3 is 10.5 Å². The van der Waals surface area contributed by atoms with E-state index in [2.05, 4.69) is 0 Å². The second-order valence-electron chi connectivity index (χ2n) is 4.81. The summed E-state index contributed by atoms with van der Waals surface area (Å²) in [5.41, 5.74) is 7.72. The van der Waals surface area contributed by atoms with Gasteiger partial charge >= 0.3 is 0 Å². The van der Waals surface area contributed by atoms with Crippen molar-refractivity contribution < 1.29 is 9.53 Å². The Hall–Kier alpha value is -2.13. The minimum atomic E-state index is 0.161. The average Bonchev–Trinajstić information content (AvgIpc) is 2.43. The molecule has 2 N–H and O–H groups in total. The van der Waals surface area contributed by atoms with Crippen LogP contribution < -0.4 is 10.5 Å². The first-order chi connectivity index (χ1) is 9.67. The molecule has 3 nitrogen and oxygen atoms in total. The van der Waals surface area contributed by atoms with E-state index in [9.17, 15) is 4.79 Å². The summed E-state index contributed by atoms with van der Waals surface area (Å²) in [7, 11) is 0. The number of Topliss-reactive ketones (excluding diaryl/α,β-unsaturated/α-hetero) is 1. The summed E-state index contributed by atoms with van der Waals surface area (Å²) in [5, 5.41) is 0. The van der Waals surface area contributed by atoms with Gasteiger partial charge in [-0.25, -0.2) is 0 Å². The third-order valence-electron chi connectivity index (χ3n) is 2.97. The maximum absolute atomic E-state index is 11.0. The summed E-state index contributed by atoms with van der Waals surface area (Å²) in [5.74, 6) is 1.73. The fourth-order valence-electron chi connectivity index (χ4n) is 1.99. The van der Waals surface area contributed by atoms with Crippen LogP contribution in [0, 0.1) is 0 Å². The molecule has 0 saturated heterocycles. The average molecular weight is 269 g/mol. The molecule has 2 aromatic rings. The first-order valence-corrected chi connectivity index (χ1v) is 6.72. The molecular formula is C17H19NO2. The third kappa shape index (κ3) is 4.21. The lowest BCUT2D eigenvalue weighted by atomic mass is 10.1. The van der Waals surface area contributed by atoms with Crippen LogP contribution in [0.4, 0.5) is 0 Å². The zero-order valence-electron chi connectivity index (χ0n) is 11.6. The molecule has 104 valence electrons. The highest BCUT2D eigenvalue weighted by Gasteiger charge is 2.00. The minimum absolute atomic E-state index is 0.161. The van der Waals surface area contributed by atoms with Crippen molar-refractivity contribution in [3.63, 3.8) is 0 Å². The summed E-state index contributed by atoms with van der Waals surface area (Å²) in [6, 6.07) is 15.5. The van der Waals surface area contributed by atoms with Crippen LogP contribution in [-0.4, -0.2) is 12.3 Å². The van der Waals surface area contributed by atoms with E-state index in [1.54, 1.807) is 6.92 Å². The van der Waals surface area contributed by atoms with Gasteiger partial charge in [0.05, 0.1) is 0 Å². The molecule has 0 radical (unpaired) electrons. The molecule has 0 unspecified atom stereocenters. The van der Waals surface area contributed by atoms with Crippen molar-refractivity contribution >= 4 is 5.78 Å². The maximum atomic E-state index is 11.0. The van der Waals surface area contributed by atoms with Gasteiger partial charge in [-0.3, -0.25) is 4.79 Å². The number of carbonyl (C=O) groups excluding carboxylic acids is 1. The molecular weight excluding hydrogens is 250 g/mol. The highest BCUT2D eigenvalue weighted by atomic mass is 16.5. The Morgan fingerprint density at radius 3 is 1.90 bits per heavy atom. The first kappa shape index (κ1) is 14.3. The van der Waals surface area contributed by atoms with E-state index in [0.29, 0.717) is 13.0 Å². The molecule has 0 saturated carbocycles. The first-order valence-electron chi connectivity index (χ1n) is 6.72. The predicted octanol–water partition coefficient (Wildman–Crippen LogP) is 3.11. The molecule has 3 heteroatoms. The van der Waals surface area contributed by atoms with Gasteiger partial charge in [-0.2, -0.15) is 0 Å². The van der Waals surface area contributed by atoms with Gasteiger partial charge in [-0.1, -0.05) is 24.3 Å². The number of hydrogen-bond donors (Lipinski definition) is 1. The molecule has 20 heavy (non-hydrogen) atoms. The van der Waals surface area contributed by atoms with Gasteiger partial charge in [0.2, 0.25) is 0 Å². The van der Waals surface area contributed by atoms with E-state index in [1.807, 2.05) is 48.5 Å². The minimum Gasteiger partial charge on any atom is -0.457 e. The fraction of sp³-hybridized carbons (Fsp3) is 0.235. The summed E-state index contributed by atoms with van der Waals surface area (Å²) >= 11 is 0. The molecule has 0 heterocycles. The van der Waals surface area contributed by atoms with Crippen LogP contribution in [0.5, 0.6) is 11.5 Å². The summed E-state index contributed by atoms with van der Waals surface area (Å²) in [6.07, 6.45) is 1.34. The number of nitrogens with two attached hydrogens (primary N) is 1. The normalized spacial score (nSPS) is 10.3. The summed E-state index contributed by atoms with van der Waals surface area (Å²) in [4.78, 5) is 11.0. The lowest BCUT2D eigenvalue weighted by Gasteiger charge is -2.07. The topological polar surface area (TPSA) is 52.3 Å². The van der Waals surface area contributed by atoms with E-state index >= 15 is 0 Å². The standard InChI is InChI=1S/C17H19NO2/c1-13(19)12-15-4-8-17(9-5-15)20-16-6-2-14(3-7-16)10-11-18/h2-9H,10-12,18H2,1H3. The van der Waals surface area contributed by atoms with Crippen LogP contribution >= 0.6 is 0 Å². The zero-order valence-corrected chi connectivity index (χ0v) is 11.6. The largest absolute Gasteiger partial charge is 0.457 e. The van der Waals surface area contributed by atoms with Crippen LogP contribution in [-0.2, 0) is 17.6 Å². The third-order valence-corrected chi connectivity index (χ3v) is 2.97. The zero-order chi connectivity index (χ0) is 14.4. The molecule has 0 atom stereocenters. The maximum Gasteiger partial charge on any atom is 0.134 e. The smallest absolute Gasteiger partial charge is 0.134 e. The van der Waals surface area contributed by atoms with E-state index in [-0.39, 0.29) is 5.78 Å². The highest BCUT2D eigenvalue weighted by molar-refractivity contribution is 5.78. The fourth-order valence-corrected chi connectivity index (χ4v) is 1.99. The molecule has 2 rings (SSSR count). The molecule has 2 aromatic carbocycles. The molecule has 0 amide bonds. The number of hydrogen-bond acceptors (Lipinski definition) is 3. The van der Waals surface area contributed by atoms with Crippen molar-refractivity contribution in [2.75, 3.05) is 6.54 Å². The summed E-state index contributed by atoms with van der Waals surface area (Å²) < 4.78 is 5.76. The lowest BCUT2D eigenvalue weighted by Crippen LogP contribution is -2.02. The number of rotatable bonds is 6. The Balaban J connectivity index is 2.00. The van der Waals surface area contributed by atoms with Gasteiger partial charge in [0.25, 0.3) is 0 Å². The molecule has 0 spiro atoms. The van der Waals surface area contributed by atoms with Gasteiger partial charge in [0, 0.05) is 6.42 Å². The van der Waals surface area contributed by atoms with Crippen molar-refractivity contribution in [2.45, 2.75) is 19.8 Å². The van der Waals surface area contributed by atoms with Crippen molar-refractivity contribution in [1.29, 1.82) is 0 Å². The van der Waals surface area contributed by atoms with Crippen LogP contribution in [0.25, 0.3) is 0 Å². The van der Waals surface area contributed by atoms with Crippen LogP contribution in [0.3, 0.4) is 0 Å². The van der Waals surface area contributed by atoms with Crippen molar-refractivity contribution in [2.24, 2.45) is 5.73 Å². The van der Waals surface area contributed by atoms with E-state index < -0.39 is 0 Å². The van der Waals surface area contributed by atoms with Gasteiger partial charge in [0.1, 0.15) is 17.3 Å². The Kier molecular flexibility index (Phi) is 4.91. The number of ether oxygens (including phenoxy) is 1. The van der Waals surface area contributed by atoms with Crippen LogP contribution in [0.1, 0.15) is 18.1 Å². The monoisotopic (exact) mass is 269 g/mol. The molecule has 0 aromatic heterocycles. The van der Waals surface area contributed by atoms with Crippen molar-refractivity contribution in [1.82, 2.24) is 0 Å². The second-order valence-corrected chi connectivity index (χ2v) is 4.81. The van der Waals surface area contributed by atoms with Crippen molar-refractivity contribution in [3.05, 3.63) is 59.7 Å². The molecule has 0 aliphatic rings. The Labute approximate surface area is 119 Å². The number of ketones is 1. The molecule has 0 bridgehead atoms. The number of carbonyl (C=O) groups is 1. The molecule has 0 aliphatic carbocycles. The summed E-state index contributed by atoms with van der Waals surface area (Å²) in [6.45, 7) is 2.24. The number of benzene rings is 2. The van der Waals surface area contributed by atoms with Crippen LogP contribution in [0.15, 0.2) is 48.5 Å². The van der Waals surface area contributed by atoms with E-state index in [4.69, 9.17) is 10.5 Å². The lowest BCUT2D eigenvalue weighted by molar-refractivity contribution is -0.116. The Morgan fingerprint density at radius 2 is 1.45 bits per heavy atom. The van der Waals surface area contributed by atoms with Gasteiger partial charge in [-0.15, -0.1) is 0 Å². The van der Waals surface area contributed by atoms with E-state index in [1.165, 1.54) is 5.56 Å². The van der Waals surface area contributed by atoms with Crippen molar-refractivity contribution in [3.8, 4) is 11.5 Å². The predicted molar refractivity (Wildman–Crippen MR) is 80.1 cm³/mol. The highest BCUT2D eigenvalue weighted by Crippen LogP contribution is 2.22. The van der Waals surface area contributed by atoms with E-state index in [0.717, 1.165) is 23.5 Å². The van der Waals surface area contributed by atoms with Crippen LogP contribution in [0.2, 0.25) is 0 Å². The van der Waals surface area contributed by atoms with Gasteiger partial charge in [0.15, 0.2) is 0 Å². The van der Waals surface area contributed by atoms with Gasteiger partial charge in [-0.05, 0) is 55.3 Å². The Bertz CT molecular complexity index is 559. The SMILES string of the molecule is CC(=O)Cc1ccc(Oc2ccc(CCN)cc2)cc1. The second kappa shape index (κ2) is 6.87.